The van der Waals surface area contributed by atoms with E-state index in [2.05, 4.69) is 4.90 Å². The number of hydrogen-bond donors (Lipinski definition) is 0. The molecule has 0 saturated carbocycles. The van der Waals surface area contributed by atoms with Crippen molar-refractivity contribution in [2.45, 2.75) is 24.8 Å². The van der Waals surface area contributed by atoms with Crippen LogP contribution in [-0.2, 0) is 23.0 Å². The molecule has 0 amide bonds. The van der Waals surface area contributed by atoms with Gasteiger partial charge in [0.1, 0.15) is 0 Å². The number of fused-ring (bicyclic) bond motifs is 1. The topological polar surface area (TPSA) is 42.3 Å². The fourth-order valence-electron chi connectivity index (χ4n) is 2.58. The standard InChI is InChI=1S/C15H18N2O2S/c1-12-3-5-14(6-4-12)20(18,19)17-10-8-13-7-9-16(2)11-15(13)17/h3-6,8,10H,7,9,11H2,1-2H3. The van der Waals surface area contributed by atoms with Gasteiger partial charge in [0.2, 0.25) is 0 Å². The number of aryl methyl sites for hydroxylation is 1. The van der Waals surface area contributed by atoms with Crippen molar-refractivity contribution in [3.05, 3.63) is 53.3 Å². The van der Waals surface area contributed by atoms with E-state index in [9.17, 15) is 8.42 Å². The minimum Gasteiger partial charge on any atom is -0.300 e. The minimum atomic E-state index is -3.49. The highest BCUT2D eigenvalue weighted by Gasteiger charge is 2.24. The molecule has 2 aromatic rings. The zero-order valence-electron chi connectivity index (χ0n) is 11.7. The third kappa shape index (κ3) is 2.17. The van der Waals surface area contributed by atoms with E-state index in [0.717, 1.165) is 29.8 Å². The van der Waals surface area contributed by atoms with Crippen LogP contribution in [0.25, 0.3) is 0 Å². The van der Waals surface area contributed by atoms with E-state index in [4.69, 9.17) is 0 Å². The van der Waals surface area contributed by atoms with Gasteiger partial charge in [0.25, 0.3) is 10.0 Å². The van der Waals surface area contributed by atoms with Crippen LogP contribution in [0.1, 0.15) is 16.8 Å². The highest BCUT2D eigenvalue weighted by atomic mass is 32.2. The Labute approximate surface area is 119 Å². The van der Waals surface area contributed by atoms with E-state index in [0.29, 0.717) is 11.4 Å². The SMILES string of the molecule is Cc1ccc(S(=O)(=O)n2ccc3c2CN(C)CC3)cc1. The maximum Gasteiger partial charge on any atom is 0.267 e. The van der Waals surface area contributed by atoms with E-state index in [-0.39, 0.29) is 0 Å². The number of benzene rings is 1. The van der Waals surface area contributed by atoms with Crippen molar-refractivity contribution < 1.29 is 8.42 Å². The van der Waals surface area contributed by atoms with Crippen LogP contribution in [0.4, 0.5) is 0 Å². The van der Waals surface area contributed by atoms with Gasteiger partial charge in [-0.05, 0) is 44.2 Å². The molecule has 0 N–H and O–H groups in total. The first-order chi connectivity index (χ1) is 9.48. The van der Waals surface area contributed by atoms with Gasteiger partial charge in [-0.15, -0.1) is 0 Å². The lowest BCUT2D eigenvalue weighted by Gasteiger charge is -2.24. The van der Waals surface area contributed by atoms with Crippen molar-refractivity contribution in [3.63, 3.8) is 0 Å². The summed E-state index contributed by atoms with van der Waals surface area (Å²) in [6, 6.07) is 8.92. The highest BCUT2D eigenvalue weighted by Crippen LogP contribution is 2.24. The van der Waals surface area contributed by atoms with Crippen LogP contribution in [0.5, 0.6) is 0 Å². The largest absolute Gasteiger partial charge is 0.300 e. The number of likely N-dealkylation sites (N-methyl/N-ethyl adjacent to an activating group) is 1. The average molecular weight is 290 g/mol. The van der Waals surface area contributed by atoms with Gasteiger partial charge in [-0.1, -0.05) is 17.7 Å². The number of aromatic nitrogens is 1. The molecular weight excluding hydrogens is 272 g/mol. The molecule has 0 radical (unpaired) electrons. The molecule has 2 heterocycles. The third-order valence-electron chi connectivity index (χ3n) is 3.81. The Morgan fingerprint density at radius 1 is 1.10 bits per heavy atom. The Bertz CT molecular complexity index is 730. The van der Waals surface area contributed by atoms with Crippen LogP contribution in [0.15, 0.2) is 41.4 Å². The molecule has 0 atom stereocenters. The molecule has 1 aliphatic heterocycles. The summed E-state index contributed by atoms with van der Waals surface area (Å²) in [5.74, 6) is 0. The van der Waals surface area contributed by atoms with Crippen molar-refractivity contribution in [2.75, 3.05) is 13.6 Å². The van der Waals surface area contributed by atoms with Gasteiger partial charge < -0.3 is 4.90 Å². The Morgan fingerprint density at radius 3 is 2.50 bits per heavy atom. The van der Waals surface area contributed by atoms with Crippen LogP contribution in [0, 0.1) is 6.92 Å². The van der Waals surface area contributed by atoms with Gasteiger partial charge in [0.05, 0.1) is 10.6 Å². The average Bonchev–Trinajstić information content (AvgIpc) is 2.82. The van der Waals surface area contributed by atoms with Gasteiger partial charge >= 0.3 is 0 Å². The van der Waals surface area contributed by atoms with Crippen LogP contribution in [-0.4, -0.2) is 30.9 Å². The molecule has 0 saturated heterocycles. The summed E-state index contributed by atoms with van der Waals surface area (Å²) in [6.07, 6.45) is 2.58. The van der Waals surface area contributed by atoms with E-state index in [1.54, 1.807) is 18.3 Å². The fraction of sp³-hybridized carbons (Fsp3) is 0.333. The Balaban J connectivity index is 2.09. The highest BCUT2D eigenvalue weighted by molar-refractivity contribution is 7.90. The number of hydrogen-bond acceptors (Lipinski definition) is 3. The van der Waals surface area contributed by atoms with Gasteiger partial charge in [0.15, 0.2) is 0 Å². The summed E-state index contributed by atoms with van der Waals surface area (Å²) in [4.78, 5) is 2.48. The molecule has 0 unspecified atom stereocenters. The second kappa shape index (κ2) is 4.75. The van der Waals surface area contributed by atoms with E-state index >= 15 is 0 Å². The summed E-state index contributed by atoms with van der Waals surface area (Å²) >= 11 is 0. The Morgan fingerprint density at radius 2 is 1.80 bits per heavy atom. The summed E-state index contributed by atoms with van der Waals surface area (Å²) in [5, 5.41) is 0. The Kier molecular flexibility index (Phi) is 3.18. The molecule has 0 bridgehead atoms. The molecular formula is C15H18N2O2S. The maximum absolute atomic E-state index is 12.7. The van der Waals surface area contributed by atoms with Crippen molar-refractivity contribution >= 4 is 10.0 Å². The molecule has 3 rings (SSSR count). The molecule has 1 aromatic carbocycles. The molecule has 4 nitrogen and oxygen atoms in total. The van der Waals surface area contributed by atoms with E-state index < -0.39 is 10.0 Å². The summed E-state index contributed by atoms with van der Waals surface area (Å²) in [7, 11) is -1.47. The van der Waals surface area contributed by atoms with E-state index in [1.807, 2.05) is 32.2 Å². The molecule has 1 aliphatic rings. The second-order valence-electron chi connectivity index (χ2n) is 5.39. The lowest BCUT2D eigenvalue weighted by molar-refractivity contribution is 0.307. The predicted octanol–water partition coefficient (Wildman–Crippen LogP) is 2.02. The van der Waals surface area contributed by atoms with Gasteiger partial charge in [0, 0.05) is 19.3 Å². The molecule has 20 heavy (non-hydrogen) atoms. The smallest absolute Gasteiger partial charge is 0.267 e. The van der Waals surface area contributed by atoms with Crippen molar-refractivity contribution in [3.8, 4) is 0 Å². The number of nitrogens with zero attached hydrogens (tertiary/aromatic N) is 2. The fourth-order valence-corrected chi connectivity index (χ4v) is 3.97. The lowest BCUT2D eigenvalue weighted by atomic mass is 10.1. The van der Waals surface area contributed by atoms with E-state index in [1.165, 1.54) is 3.97 Å². The van der Waals surface area contributed by atoms with Crippen LogP contribution in [0.2, 0.25) is 0 Å². The Hall–Kier alpha value is -1.59. The lowest BCUT2D eigenvalue weighted by Crippen LogP contribution is -2.29. The van der Waals surface area contributed by atoms with Gasteiger partial charge in [-0.3, -0.25) is 0 Å². The summed E-state index contributed by atoms with van der Waals surface area (Å²) in [6.45, 7) is 3.60. The molecule has 106 valence electrons. The molecule has 1 aromatic heterocycles. The third-order valence-corrected chi connectivity index (χ3v) is 5.54. The van der Waals surface area contributed by atoms with Crippen LogP contribution < -0.4 is 0 Å². The van der Waals surface area contributed by atoms with Crippen molar-refractivity contribution in [1.82, 2.24) is 8.87 Å². The van der Waals surface area contributed by atoms with Crippen LogP contribution in [0.3, 0.4) is 0 Å². The first kappa shape index (κ1) is 13.4. The quantitative estimate of drug-likeness (QED) is 0.850. The normalized spacial score (nSPS) is 16.1. The molecule has 5 heteroatoms. The maximum atomic E-state index is 12.7. The molecule has 0 aliphatic carbocycles. The predicted molar refractivity (Wildman–Crippen MR) is 78.2 cm³/mol. The molecule has 0 spiro atoms. The summed E-state index contributed by atoms with van der Waals surface area (Å²) < 4.78 is 26.9. The van der Waals surface area contributed by atoms with Gasteiger partial charge in [-0.2, -0.15) is 0 Å². The zero-order valence-corrected chi connectivity index (χ0v) is 12.5. The first-order valence-corrected chi connectivity index (χ1v) is 8.12. The van der Waals surface area contributed by atoms with Crippen LogP contribution >= 0.6 is 0 Å². The minimum absolute atomic E-state index is 0.342. The molecule has 0 fully saturated rings. The first-order valence-electron chi connectivity index (χ1n) is 6.68. The van der Waals surface area contributed by atoms with Crippen molar-refractivity contribution in [2.24, 2.45) is 0 Å². The monoisotopic (exact) mass is 290 g/mol. The zero-order chi connectivity index (χ0) is 14.3. The van der Waals surface area contributed by atoms with Gasteiger partial charge in [-0.25, -0.2) is 12.4 Å². The summed E-state index contributed by atoms with van der Waals surface area (Å²) in [5.41, 5.74) is 3.08. The second-order valence-corrected chi connectivity index (χ2v) is 7.20. The number of rotatable bonds is 2. The van der Waals surface area contributed by atoms with Crippen molar-refractivity contribution in [1.29, 1.82) is 0 Å².